The van der Waals surface area contributed by atoms with Gasteiger partial charge < -0.3 is 4.90 Å². The molecule has 0 aliphatic carbocycles. The van der Waals surface area contributed by atoms with Crippen LogP contribution < -0.4 is 0 Å². The van der Waals surface area contributed by atoms with Crippen molar-refractivity contribution in [1.82, 2.24) is 4.90 Å². The molecule has 1 rings (SSSR count). The Bertz CT molecular complexity index is 400. The van der Waals surface area contributed by atoms with Crippen LogP contribution in [0, 0.1) is 0 Å². The zero-order chi connectivity index (χ0) is 13.5. The van der Waals surface area contributed by atoms with E-state index in [2.05, 4.69) is 6.92 Å². The summed E-state index contributed by atoms with van der Waals surface area (Å²) in [5.74, 6) is -0.0397. The van der Waals surface area contributed by atoms with Crippen molar-refractivity contribution in [3.63, 3.8) is 0 Å². The normalized spacial score (nSPS) is 11.9. The van der Waals surface area contributed by atoms with Gasteiger partial charge in [0.2, 0.25) is 5.91 Å². The molecule has 18 heavy (non-hydrogen) atoms. The average Bonchev–Trinajstić information content (AvgIpc) is 2.38. The van der Waals surface area contributed by atoms with Crippen LogP contribution in [0.25, 0.3) is 0 Å². The van der Waals surface area contributed by atoms with Crippen LogP contribution in [0.1, 0.15) is 44.0 Å². The Morgan fingerprint density at radius 2 is 1.83 bits per heavy atom. The second-order valence-corrected chi connectivity index (χ2v) is 4.47. The number of hydrogen-bond acceptors (Lipinski definition) is 2. The maximum Gasteiger partial charge on any atom is 0.220 e. The Balaban J connectivity index is 2.80. The molecule has 98 valence electrons. The lowest BCUT2D eigenvalue weighted by atomic mass is 10.0. The number of ketones is 1. The first-order valence-electron chi connectivity index (χ1n) is 6.44. The van der Waals surface area contributed by atoms with Crippen molar-refractivity contribution in [2.24, 2.45) is 0 Å². The molecule has 1 atom stereocenters. The number of rotatable bonds is 6. The maximum absolute atomic E-state index is 12.3. The quantitative estimate of drug-likeness (QED) is 0.725. The van der Waals surface area contributed by atoms with Gasteiger partial charge in [-0.25, -0.2) is 0 Å². The van der Waals surface area contributed by atoms with Crippen LogP contribution in [0.3, 0.4) is 0 Å². The van der Waals surface area contributed by atoms with Gasteiger partial charge in [-0.2, -0.15) is 0 Å². The lowest BCUT2D eigenvalue weighted by Gasteiger charge is -2.27. The van der Waals surface area contributed by atoms with Gasteiger partial charge in [-0.05, 0) is 13.3 Å². The number of amides is 1. The summed E-state index contributed by atoms with van der Waals surface area (Å²) >= 11 is 0. The van der Waals surface area contributed by atoms with Crippen molar-refractivity contribution in [3.8, 4) is 0 Å². The van der Waals surface area contributed by atoms with E-state index in [9.17, 15) is 9.59 Å². The first-order valence-corrected chi connectivity index (χ1v) is 6.44. The first kappa shape index (κ1) is 14.4. The third kappa shape index (κ3) is 3.69. The van der Waals surface area contributed by atoms with Crippen molar-refractivity contribution in [2.75, 3.05) is 6.54 Å². The summed E-state index contributed by atoms with van der Waals surface area (Å²) in [5.41, 5.74) is 0.660. The number of Topliss-reactive ketones (excluding diaryl/α,β-unsaturated/α-hetero) is 1. The van der Waals surface area contributed by atoms with Crippen LogP contribution >= 0.6 is 0 Å². The second kappa shape index (κ2) is 6.94. The summed E-state index contributed by atoms with van der Waals surface area (Å²) in [6.45, 7) is 6.03. The highest BCUT2D eigenvalue weighted by molar-refractivity contribution is 6.01. The molecule has 0 aromatic heterocycles. The molecule has 0 fully saturated rings. The Hall–Kier alpha value is -1.64. The fourth-order valence-corrected chi connectivity index (χ4v) is 1.94. The second-order valence-electron chi connectivity index (χ2n) is 4.47. The van der Waals surface area contributed by atoms with Gasteiger partial charge in [-0.1, -0.05) is 43.7 Å². The third-order valence-corrected chi connectivity index (χ3v) is 3.06. The molecule has 0 bridgehead atoms. The van der Waals surface area contributed by atoms with Gasteiger partial charge in [0, 0.05) is 19.0 Å². The van der Waals surface area contributed by atoms with E-state index in [1.165, 1.54) is 6.92 Å². The number of benzene rings is 1. The lowest BCUT2D eigenvalue weighted by Crippen LogP contribution is -2.42. The van der Waals surface area contributed by atoms with Gasteiger partial charge in [-0.15, -0.1) is 0 Å². The van der Waals surface area contributed by atoms with E-state index in [0.717, 1.165) is 12.8 Å². The number of unbranched alkanes of at least 4 members (excludes halogenated alkanes) is 1. The smallest absolute Gasteiger partial charge is 0.220 e. The number of carbonyl (C=O) groups is 2. The van der Waals surface area contributed by atoms with E-state index in [1.54, 1.807) is 24.0 Å². The molecule has 3 nitrogen and oxygen atoms in total. The zero-order valence-electron chi connectivity index (χ0n) is 11.3. The monoisotopic (exact) mass is 247 g/mol. The van der Waals surface area contributed by atoms with E-state index in [-0.39, 0.29) is 11.7 Å². The molecule has 0 heterocycles. The molecule has 1 aromatic rings. The van der Waals surface area contributed by atoms with Crippen molar-refractivity contribution in [1.29, 1.82) is 0 Å². The SMILES string of the molecule is CCCCN(C(C)=O)C(C)C(=O)c1ccccc1. The van der Waals surface area contributed by atoms with Gasteiger partial charge in [0.05, 0.1) is 6.04 Å². The van der Waals surface area contributed by atoms with E-state index >= 15 is 0 Å². The van der Waals surface area contributed by atoms with Gasteiger partial charge in [0.1, 0.15) is 0 Å². The minimum absolute atomic E-state index is 0.00176. The van der Waals surface area contributed by atoms with Gasteiger partial charge in [-0.3, -0.25) is 9.59 Å². The largest absolute Gasteiger partial charge is 0.333 e. The Kier molecular flexibility index (Phi) is 5.56. The summed E-state index contributed by atoms with van der Waals surface area (Å²) in [7, 11) is 0. The van der Waals surface area contributed by atoms with Crippen LogP contribution in [-0.2, 0) is 4.79 Å². The highest BCUT2D eigenvalue weighted by Crippen LogP contribution is 2.10. The van der Waals surface area contributed by atoms with Gasteiger partial charge in [0.15, 0.2) is 5.78 Å². The van der Waals surface area contributed by atoms with E-state index in [0.29, 0.717) is 12.1 Å². The third-order valence-electron chi connectivity index (χ3n) is 3.06. The van der Waals surface area contributed by atoms with E-state index < -0.39 is 6.04 Å². The fraction of sp³-hybridized carbons (Fsp3) is 0.467. The predicted molar refractivity (Wildman–Crippen MR) is 72.5 cm³/mol. The standard InChI is InChI=1S/C15H21NO2/c1-4-5-11-16(13(3)17)12(2)15(18)14-9-7-6-8-10-14/h6-10,12H,4-5,11H2,1-3H3. The summed E-state index contributed by atoms with van der Waals surface area (Å²) in [6, 6.07) is 8.74. The highest BCUT2D eigenvalue weighted by Gasteiger charge is 2.23. The molecule has 3 heteroatoms. The number of hydrogen-bond donors (Lipinski definition) is 0. The van der Waals surface area contributed by atoms with Crippen molar-refractivity contribution >= 4 is 11.7 Å². The van der Waals surface area contributed by atoms with Gasteiger partial charge in [0.25, 0.3) is 0 Å². The molecule has 0 N–H and O–H groups in total. The molecule has 0 saturated carbocycles. The number of nitrogens with zero attached hydrogens (tertiary/aromatic N) is 1. The molecule has 0 spiro atoms. The van der Waals surface area contributed by atoms with Crippen LogP contribution in [0.5, 0.6) is 0 Å². The summed E-state index contributed by atoms with van der Waals surface area (Å²) in [6.07, 6.45) is 1.93. The molecular formula is C15H21NO2. The van der Waals surface area contributed by atoms with Crippen molar-refractivity contribution in [2.45, 2.75) is 39.7 Å². The lowest BCUT2D eigenvalue weighted by molar-refractivity contribution is -0.130. The van der Waals surface area contributed by atoms with Crippen molar-refractivity contribution < 1.29 is 9.59 Å². The molecule has 0 aliphatic heterocycles. The number of carbonyl (C=O) groups excluding carboxylic acids is 2. The molecular weight excluding hydrogens is 226 g/mol. The maximum atomic E-state index is 12.3. The molecule has 1 amide bonds. The minimum atomic E-state index is -0.392. The molecule has 0 saturated heterocycles. The zero-order valence-corrected chi connectivity index (χ0v) is 11.3. The van der Waals surface area contributed by atoms with Gasteiger partial charge >= 0.3 is 0 Å². The van der Waals surface area contributed by atoms with Crippen LogP contribution in [0.15, 0.2) is 30.3 Å². The summed E-state index contributed by atoms with van der Waals surface area (Å²) in [5, 5.41) is 0. The van der Waals surface area contributed by atoms with Crippen LogP contribution in [0.2, 0.25) is 0 Å². The molecule has 1 aromatic carbocycles. The van der Waals surface area contributed by atoms with Crippen molar-refractivity contribution in [3.05, 3.63) is 35.9 Å². The van der Waals surface area contributed by atoms with Crippen LogP contribution in [0.4, 0.5) is 0 Å². The average molecular weight is 247 g/mol. The summed E-state index contributed by atoms with van der Waals surface area (Å²) < 4.78 is 0. The van der Waals surface area contributed by atoms with E-state index in [1.807, 2.05) is 18.2 Å². The molecule has 0 aliphatic rings. The molecule has 1 unspecified atom stereocenters. The predicted octanol–water partition coefficient (Wildman–Crippen LogP) is 2.91. The topological polar surface area (TPSA) is 37.4 Å². The highest BCUT2D eigenvalue weighted by atomic mass is 16.2. The fourth-order valence-electron chi connectivity index (χ4n) is 1.94. The summed E-state index contributed by atoms with van der Waals surface area (Å²) in [4.78, 5) is 25.5. The first-order chi connectivity index (χ1) is 8.57. The Labute approximate surface area is 109 Å². The Morgan fingerprint density at radius 1 is 1.22 bits per heavy atom. The molecule has 0 radical (unpaired) electrons. The van der Waals surface area contributed by atoms with E-state index in [4.69, 9.17) is 0 Å². The minimum Gasteiger partial charge on any atom is -0.333 e. The van der Waals surface area contributed by atoms with Crippen LogP contribution in [-0.4, -0.2) is 29.2 Å². The Morgan fingerprint density at radius 3 is 2.33 bits per heavy atom.